The number of benzene rings is 3. The van der Waals surface area contributed by atoms with Crippen LogP contribution in [0.25, 0.3) is 0 Å². The fourth-order valence-corrected chi connectivity index (χ4v) is 5.97. The number of nitrogens with one attached hydrogen (secondary N) is 1. The number of sulfonamides is 1. The second-order valence-electron chi connectivity index (χ2n) is 8.80. The highest BCUT2D eigenvalue weighted by Crippen LogP contribution is 2.33. The number of nitrogens with zero attached hydrogens (tertiary/aromatic N) is 4. The molecule has 0 saturated heterocycles. The van der Waals surface area contributed by atoms with Crippen molar-refractivity contribution in [2.24, 2.45) is 5.10 Å². The first-order valence-corrected chi connectivity index (χ1v) is 13.7. The molecule has 0 spiro atoms. The van der Waals surface area contributed by atoms with Crippen LogP contribution in [-0.4, -0.2) is 48.8 Å². The van der Waals surface area contributed by atoms with Crippen molar-refractivity contribution in [1.29, 1.82) is 0 Å². The largest absolute Gasteiger partial charge is 0.277 e. The SMILES string of the molecule is CCN(CC)S(=O)(=O)c1cc([N+](=O)[O-])ccc1NN=CC1C(=O)N(c2ccc(C)cc2)C(=O)c2ccccc21. The van der Waals surface area contributed by atoms with Gasteiger partial charge in [-0.05, 0) is 36.8 Å². The van der Waals surface area contributed by atoms with E-state index in [1.807, 2.05) is 6.92 Å². The number of non-ortho nitro benzene ring substituents is 1. The Labute approximate surface area is 225 Å². The Bertz CT molecular complexity index is 1570. The van der Waals surface area contributed by atoms with Crippen LogP contribution >= 0.6 is 0 Å². The number of anilines is 2. The van der Waals surface area contributed by atoms with Gasteiger partial charge in [-0.15, -0.1) is 0 Å². The smallest absolute Gasteiger partial charge is 0.270 e. The van der Waals surface area contributed by atoms with Gasteiger partial charge in [0.15, 0.2) is 0 Å². The average Bonchev–Trinajstić information content (AvgIpc) is 2.92. The number of aryl methyl sites for hydroxylation is 1. The topological polar surface area (TPSA) is 142 Å². The van der Waals surface area contributed by atoms with Crippen molar-refractivity contribution in [2.75, 3.05) is 23.4 Å². The third kappa shape index (κ3) is 5.29. The van der Waals surface area contributed by atoms with E-state index in [0.717, 1.165) is 22.6 Å². The predicted octanol–water partition coefficient (Wildman–Crippen LogP) is 4.30. The molecule has 1 N–H and O–H groups in total. The summed E-state index contributed by atoms with van der Waals surface area (Å²) in [5.74, 6) is -1.93. The third-order valence-electron chi connectivity index (χ3n) is 6.42. The number of fused-ring (bicyclic) bond motifs is 1. The predicted molar refractivity (Wildman–Crippen MR) is 147 cm³/mol. The van der Waals surface area contributed by atoms with Crippen molar-refractivity contribution in [1.82, 2.24) is 4.31 Å². The molecule has 0 radical (unpaired) electrons. The van der Waals surface area contributed by atoms with Crippen LogP contribution in [-0.2, 0) is 14.8 Å². The minimum atomic E-state index is -4.09. The molecule has 1 unspecified atom stereocenters. The Balaban J connectivity index is 1.72. The van der Waals surface area contributed by atoms with Gasteiger partial charge in [0, 0.05) is 37.0 Å². The van der Waals surface area contributed by atoms with Crippen LogP contribution in [0.3, 0.4) is 0 Å². The van der Waals surface area contributed by atoms with E-state index in [1.165, 1.54) is 16.6 Å². The van der Waals surface area contributed by atoms with E-state index in [2.05, 4.69) is 10.5 Å². The number of imide groups is 1. The normalized spacial score (nSPS) is 15.6. The summed E-state index contributed by atoms with van der Waals surface area (Å²) >= 11 is 0. The number of hydrogen-bond donors (Lipinski definition) is 1. The number of nitro groups is 1. The van der Waals surface area contributed by atoms with Crippen molar-refractivity contribution in [3.8, 4) is 0 Å². The van der Waals surface area contributed by atoms with Crippen LogP contribution < -0.4 is 10.3 Å². The van der Waals surface area contributed by atoms with Gasteiger partial charge in [0.2, 0.25) is 15.9 Å². The zero-order chi connectivity index (χ0) is 28.3. The zero-order valence-corrected chi connectivity index (χ0v) is 22.4. The number of carbonyl (C=O) groups is 2. The molecule has 3 aromatic rings. The lowest BCUT2D eigenvalue weighted by atomic mass is 9.89. The molecule has 4 rings (SSSR count). The highest BCUT2D eigenvalue weighted by atomic mass is 32.2. The maximum absolute atomic E-state index is 13.5. The molecule has 1 atom stereocenters. The first kappa shape index (κ1) is 27.6. The van der Waals surface area contributed by atoms with E-state index in [0.29, 0.717) is 16.8 Å². The Morgan fingerprint density at radius 3 is 2.36 bits per heavy atom. The molecule has 1 aliphatic heterocycles. The van der Waals surface area contributed by atoms with E-state index >= 15 is 0 Å². The quantitative estimate of drug-likeness (QED) is 0.181. The van der Waals surface area contributed by atoms with Gasteiger partial charge in [0.25, 0.3) is 11.6 Å². The summed E-state index contributed by atoms with van der Waals surface area (Å²) < 4.78 is 27.7. The summed E-state index contributed by atoms with van der Waals surface area (Å²) in [6.07, 6.45) is 1.30. The Morgan fingerprint density at radius 1 is 1.05 bits per heavy atom. The van der Waals surface area contributed by atoms with Gasteiger partial charge in [0.05, 0.1) is 16.3 Å². The molecule has 12 heteroatoms. The van der Waals surface area contributed by atoms with Gasteiger partial charge in [-0.3, -0.25) is 25.1 Å². The van der Waals surface area contributed by atoms with Crippen LogP contribution in [0.5, 0.6) is 0 Å². The fourth-order valence-electron chi connectivity index (χ4n) is 4.35. The number of nitro benzene ring substituents is 1. The molecule has 202 valence electrons. The van der Waals surface area contributed by atoms with Gasteiger partial charge in [-0.2, -0.15) is 9.41 Å². The second kappa shape index (κ2) is 11.1. The zero-order valence-electron chi connectivity index (χ0n) is 21.6. The molecule has 0 fully saturated rings. The summed E-state index contributed by atoms with van der Waals surface area (Å²) in [6.45, 7) is 5.56. The monoisotopic (exact) mass is 549 g/mol. The third-order valence-corrected chi connectivity index (χ3v) is 8.51. The van der Waals surface area contributed by atoms with Gasteiger partial charge in [-0.25, -0.2) is 13.3 Å². The van der Waals surface area contributed by atoms with Crippen LogP contribution in [0.2, 0.25) is 0 Å². The summed E-state index contributed by atoms with van der Waals surface area (Å²) in [6, 6.07) is 17.1. The maximum Gasteiger partial charge on any atom is 0.270 e. The van der Waals surface area contributed by atoms with Crippen LogP contribution in [0.15, 0.2) is 76.7 Å². The van der Waals surface area contributed by atoms with Gasteiger partial charge >= 0.3 is 0 Å². The lowest BCUT2D eigenvalue weighted by molar-refractivity contribution is -0.385. The van der Waals surface area contributed by atoms with Crippen molar-refractivity contribution in [2.45, 2.75) is 31.6 Å². The number of amides is 2. The first-order chi connectivity index (χ1) is 18.6. The number of carbonyl (C=O) groups excluding carboxylic acids is 2. The van der Waals surface area contributed by atoms with Crippen molar-refractivity contribution >= 4 is 45.1 Å². The standard InChI is InChI=1S/C27H27N5O6S/c1-4-30(5-2)39(37,38)25-16-20(32(35)36)14-15-24(25)29-28-17-23-21-8-6-7-9-22(21)26(33)31(27(23)34)19-12-10-18(3)11-13-19/h6-17,23,29H,4-5H2,1-3H3. The number of hydrazone groups is 1. The Morgan fingerprint density at radius 2 is 1.72 bits per heavy atom. The number of hydrogen-bond acceptors (Lipinski definition) is 8. The molecular formula is C27H27N5O6S. The molecule has 0 aliphatic carbocycles. The summed E-state index contributed by atoms with van der Waals surface area (Å²) in [4.78, 5) is 38.2. The van der Waals surface area contributed by atoms with Crippen LogP contribution in [0.4, 0.5) is 17.1 Å². The Kier molecular flexibility index (Phi) is 7.88. The maximum atomic E-state index is 13.5. The summed E-state index contributed by atoms with van der Waals surface area (Å²) in [7, 11) is -4.09. The van der Waals surface area contributed by atoms with Crippen molar-refractivity contribution in [3.05, 3.63) is 93.5 Å². The molecular weight excluding hydrogens is 522 g/mol. The van der Waals surface area contributed by atoms with Gasteiger partial charge < -0.3 is 0 Å². The molecule has 3 aromatic carbocycles. The lowest BCUT2D eigenvalue weighted by Gasteiger charge is -2.31. The lowest BCUT2D eigenvalue weighted by Crippen LogP contribution is -2.45. The highest BCUT2D eigenvalue weighted by molar-refractivity contribution is 7.89. The number of rotatable bonds is 9. The second-order valence-corrected chi connectivity index (χ2v) is 10.7. The van der Waals surface area contributed by atoms with Gasteiger partial charge in [-0.1, -0.05) is 49.7 Å². The van der Waals surface area contributed by atoms with Gasteiger partial charge in [0.1, 0.15) is 10.8 Å². The molecule has 39 heavy (non-hydrogen) atoms. The average molecular weight is 550 g/mol. The van der Waals surface area contributed by atoms with E-state index in [-0.39, 0.29) is 29.4 Å². The van der Waals surface area contributed by atoms with Crippen LogP contribution in [0, 0.1) is 17.0 Å². The first-order valence-electron chi connectivity index (χ1n) is 12.2. The van der Waals surface area contributed by atoms with E-state index in [9.17, 15) is 28.1 Å². The molecule has 0 saturated carbocycles. The van der Waals surface area contributed by atoms with E-state index < -0.39 is 32.7 Å². The van der Waals surface area contributed by atoms with Crippen molar-refractivity contribution < 1.29 is 22.9 Å². The highest BCUT2D eigenvalue weighted by Gasteiger charge is 2.39. The van der Waals surface area contributed by atoms with E-state index in [1.54, 1.807) is 62.4 Å². The van der Waals surface area contributed by atoms with Crippen molar-refractivity contribution in [3.63, 3.8) is 0 Å². The Hall–Kier alpha value is -4.42. The molecule has 2 amide bonds. The molecule has 0 aromatic heterocycles. The summed E-state index contributed by atoms with van der Waals surface area (Å²) in [5, 5.41) is 15.5. The summed E-state index contributed by atoms with van der Waals surface area (Å²) in [5.41, 5.74) is 4.45. The molecule has 1 aliphatic rings. The van der Waals surface area contributed by atoms with E-state index in [4.69, 9.17) is 0 Å². The molecule has 1 heterocycles. The molecule has 0 bridgehead atoms. The molecule has 11 nitrogen and oxygen atoms in total. The minimum Gasteiger partial charge on any atom is -0.277 e. The minimum absolute atomic E-state index is 0.00626. The van der Waals surface area contributed by atoms with Crippen LogP contribution in [0.1, 0.15) is 41.3 Å². The fraction of sp³-hybridized carbons (Fsp3) is 0.222.